The van der Waals surface area contributed by atoms with Crippen LogP contribution in [0.15, 0.2) is 48.5 Å². The minimum absolute atomic E-state index is 0.0580. The molecule has 0 aliphatic carbocycles. The van der Waals surface area contributed by atoms with Gasteiger partial charge in [-0.25, -0.2) is 0 Å². The Kier molecular flexibility index (Phi) is 7.19. The van der Waals surface area contributed by atoms with Crippen molar-refractivity contribution in [2.45, 2.75) is 12.7 Å². The molecule has 0 saturated carbocycles. The number of hydrogen-bond donors (Lipinski definition) is 1. The SMILES string of the molecule is O=C(NCC(c1ccccc1Cl)N1CCOCC1)c1ccccc1OC(F)F. The second-order valence-corrected chi connectivity index (χ2v) is 6.68. The van der Waals surface area contributed by atoms with Crippen LogP contribution >= 0.6 is 11.6 Å². The number of benzene rings is 2. The van der Waals surface area contributed by atoms with Gasteiger partial charge in [-0.05, 0) is 23.8 Å². The molecule has 1 heterocycles. The Hall–Kier alpha value is -2.22. The van der Waals surface area contributed by atoms with Crippen LogP contribution < -0.4 is 10.1 Å². The number of para-hydroxylation sites is 1. The zero-order valence-corrected chi connectivity index (χ0v) is 15.9. The van der Waals surface area contributed by atoms with Gasteiger partial charge >= 0.3 is 6.61 Å². The molecule has 1 fully saturated rings. The molecule has 1 N–H and O–H groups in total. The lowest BCUT2D eigenvalue weighted by Gasteiger charge is -2.35. The van der Waals surface area contributed by atoms with Gasteiger partial charge in [0, 0.05) is 24.7 Å². The van der Waals surface area contributed by atoms with Crippen molar-refractivity contribution >= 4 is 17.5 Å². The Morgan fingerprint density at radius 3 is 2.54 bits per heavy atom. The summed E-state index contributed by atoms with van der Waals surface area (Å²) in [6, 6.07) is 13.2. The number of ether oxygens (including phenoxy) is 2. The molecule has 1 amide bonds. The van der Waals surface area contributed by atoms with Crippen LogP contribution in [0, 0.1) is 0 Å². The van der Waals surface area contributed by atoms with Crippen LogP contribution in [0.4, 0.5) is 8.78 Å². The van der Waals surface area contributed by atoms with Gasteiger partial charge in [0.15, 0.2) is 0 Å². The van der Waals surface area contributed by atoms with E-state index < -0.39 is 12.5 Å². The molecule has 28 heavy (non-hydrogen) atoms. The monoisotopic (exact) mass is 410 g/mol. The fraction of sp³-hybridized carbons (Fsp3) is 0.350. The van der Waals surface area contributed by atoms with Crippen LogP contribution in [-0.4, -0.2) is 50.3 Å². The Balaban J connectivity index is 1.77. The van der Waals surface area contributed by atoms with Crippen molar-refractivity contribution < 1.29 is 23.0 Å². The molecule has 150 valence electrons. The summed E-state index contributed by atoms with van der Waals surface area (Å²) in [5.74, 6) is -0.641. The van der Waals surface area contributed by atoms with Crippen LogP contribution in [0.3, 0.4) is 0 Å². The molecular formula is C20H21ClF2N2O3. The molecule has 0 radical (unpaired) electrons. The smallest absolute Gasteiger partial charge is 0.387 e. The average Bonchev–Trinajstić information content (AvgIpc) is 2.70. The summed E-state index contributed by atoms with van der Waals surface area (Å²) in [5, 5.41) is 3.44. The summed E-state index contributed by atoms with van der Waals surface area (Å²) in [6.45, 7) is -0.128. The predicted octanol–water partition coefficient (Wildman–Crippen LogP) is 3.74. The lowest BCUT2D eigenvalue weighted by atomic mass is 10.0. The maximum Gasteiger partial charge on any atom is 0.387 e. The van der Waals surface area contributed by atoms with E-state index in [1.165, 1.54) is 18.2 Å². The molecule has 1 atom stereocenters. The highest BCUT2D eigenvalue weighted by atomic mass is 35.5. The third-order valence-corrected chi connectivity index (χ3v) is 4.90. The maximum atomic E-state index is 12.6. The van der Waals surface area contributed by atoms with Crippen molar-refractivity contribution in [2.24, 2.45) is 0 Å². The van der Waals surface area contributed by atoms with Crippen LogP contribution in [-0.2, 0) is 4.74 Å². The third-order valence-electron chi connectivity index (χ3n) is 4.55. The van der Waals surface area contributed by atoms with Crippen LogP contribution in [0.1, 0.15) is 22.0 Å². The Labute approximate surface area is 167 Å². The van der Waals surface area contributed by atoms with E-state index in [1.807, 2.05) is 18.2 Å². The zero-order chi connectivity index (χ0) is 19.9. The number of hydrogen-bond acceptors (Lipinski definition) is 4. The van der Waals surface area contributed by atoms with E-state index >= 15 is 0 Å². The van der Waals surface area contributed by atoms with Crippen LogP contribution in [0.25, 0.3) is 0 Å². The van der Waals surface area contributed by atoms with Gasteiger partial charge in [0.1, 0.15) is 5.75 Å². The summed E-state index contributed by atoms with van der Waals surface area (Å²) >= 11 is 6.38. The molecule has 1 aliphatic rings. The number of rotatable bonds is 7. The molecule has 0 spiro atoms. The first-order valence-corrected chi connectivity index (χ1v) is 9.32. The number of carbonyl (C=O) groups is 1. The number of alkyl halides is 2. The molecule has 1 saturated heterocycles. The molecule has 1 aliphatic heterocycles. The van der Waals surface area contributed by atoms with Crippen molar-refractivity contribution in [3.63, 3.8) is 0 Å². The largest absolute Gasteiger partial charge is 0.434 e. The fourth-order valence-corrected chi connectivity index (χ4v) is 3.47. The minimum Gasteiger partial charge on any atom is -0.434 e. The number of carbonyl (C=O) groups excluding carboxylic acids is 1. The van der Waals surface area contributed by atoms with Gasteiger partial charge in [0.05, 0.1) is 24.8 Å². The van der Waals surface area contributed by atoms with E-state index in [0.29, 0.717) is 31.3 Å². The Morgan fingerprint density at radius 1 is 1.14 bits per heavy atom. The predicted molar refractivity (Wildman–Crippen MR) is 102 cm³/mol. The van der Waals surface area contributed by atoms with Gasteiger partial charge in [-0.15, -0.1) is 0 Å². The van der Waals surface area contributed by atoms with E-state index in [4.69, 9.17) is 16.3 Å². The second kappa shape index (κ2) is 9.82. The number of halogens is 3. The molecule has 5 nitrogen and oxygen atoms in total. The number of nitrogens with one attached hydrogen (secondary N) is 1. The van der Waals surface area contributed by atoms with E-state index in [1.54, 1.807) is 12.1 Å². The second-order valence-electron chi connectivity index (χ2n) is 6.27. The van der Waals surface area contributed by atoms with E-state index in [2.05, 4.69) is 15.0 Å². The molecule has 0 bridgehead atoms. The summed E-state index contributed by atoms with van der Waals surface area (Å²) in [6.07, 6.45) is 0. The number of amides is 1. The van der Waals surface area contributed by atoms with Crippen molar-refractivity contribution in [1.82, 2.24) is 10.2 Å². The van der Waals surface area contributed by atoms with E-state index in [0.717, 1.165) is 5.56 Å². The lowest BCUT2D eigenvalue weighted by molar-refractivity contribution is -0.0501. The summed E-state index contributed by atoms with van der Waals surface area (Å²) < 4.78 is 35.1. The topological polar surface area (TPSA) is 50.8 Å². The van der Waals surface area contributed by atoms with Crippen molar-refractivity contribution in [3.8, 4) is 5.75 Å². The van der Waals surface area contributed by atoms with Gasteiger partial charge in [-0.3, -0.25) is 9.69 Å². The quantitative estimate of drug-likeness (QED) is 0.755. The van der Waals surface area contributed by atoms with Crippen LogP contribution in [0.2, 0.25) is 5.02 Å². The minimum atomic E-state index is -3.00. The Bertz CT molecular complexity index is 801. The Morgan fingerprint density at radius 2 is 1.82 bits per heavy atom. The molecule has 8 heteroatoms. The highest BCUT2D eigenvalue weighted by Crippen LogP contribution is 2.28. The van der Waals surface area contributed by atoms with Crippen molar-refractivity contribution in [1.29, 1.82) is 0 Å². The first-order valence-electron chi connectivity index (χ1n) is 8.94. The highest BCUT2D eigenvalue weighted by Gasteiger charge is 2.25. The highest BCUT2D eigenvalue weighted by molar-refractivity contribution is 6.31. The average molecular weight is 411 g/mol. The van der Waals surface area contributed by atoms with Crippen LogP contribution in [0.5, 0.6) is 5.75 Å². The van der Waals surface area contributed by atoms with E-state index in [-0.39, 0.29) is 23.9 Å². The van der Waals surface area contributed by atoms with Gasteiger partial charge in [0.2, 0.25) is 0 Å². The summed E-state index contributed by atoms with van der Waals surface area (Å²) in [4.78, 5) is 14.8. The molecule has 1 unspecified atom stereocenters. The van der Waals surface area contributed by atoms with Gasteiger partial charge in [-0.1, -0.05) is 41.9 Å². The normalized spacial score (nSPS) is 16.0. The van der Waals surface area contributed by atoms with Crippen molar-refractivity contribution in [2.75, 3.05) is 32.8 Å². The van der Waals surface area contributed by atoms with Crippen molar-refractivity contribution in [3.05, 3.63) is 64.7 Å². The van der Waals surface area contributed by atoms with E-state index in [9.17, 15) is 13.6 Å². The molecular weight excluding hydrogens is 390 g/mol. The number of morpholine rings is 1. The molecule has 3 rings (SSSR count). The summed E-state index contributed by atoms with van der Waals surface area (Å²) in [5.41, 5.74) is 0.950. The summed E-state index contributed by atoms with van der Waals surface area (Å²) in [7, 11) is 0. The first kappa shape index (κ1) is 20.5. The number of nitrogens with zero attached hydrogens (tertiary/aromatic N) is 1. The first-order chi connectivity index (χ1) is 13.6. The molecule has 2 aromatic carbocycles. The molecule has 2 aromatic rings. The lowest BCUT2D eigenvalue weighted by Crippen LogP contribution is -2.44. The standard InChI is InChI=1S/C20H21ClF2N2O3/c21-16-7-3-1-5-14(16)17(25-9-11-27-12-10-25)13-24-19(26)15-6-2-4-8-18(15)28-20(22)23/h1-8,17,20H,9-13H2,(H,24,26). The third kappa shape index (κ3) is 5.19. The molecule has 0 aromatic heterocycles. The maximum absolute atomic E-state index is 12.6. The van der Waals surface area contributed by atoms with Gasteiger partial charge < -0.3 is 14.8 Å². The van der Waals surface area contributed by atoms with Gasteiger partial charge in [-0.2, -0.15) is 8.78 Å². The van der Waals surface area contributed by atoms with Gasteiger partial charge in [0.25, 0.3) is 5.91 Å². The zero-order valence-electron chi connectivity index (χ0n) is 15.1. The fourth-order valence-electron chi connectivity index (χ4n) is 3.21.